The van der Waals surface area contributed by atoms with Crippen LogP contribution in [0.2, 0.25) is 5.02 Å². The fourth-order valence-corrected chi connectivity index (χ4v) is 4.88. The van der Waals surface area contributed by atoms with Gasteiger partial charge < -0.3 is 10.2 Å². The standard InChI is InChI=1S/C17H21BrClN3O2S/c18-12-3-4-14(13(19)10-12)20-16(23)11-22-5-1-2-15(22)17(24)21-6-8-25-9-7-21/h3-4,10,15H,1-2,5-9,11H2,(H,20,23). The van der Waals surface area contributed by atoms with E-state index in [-0.39, 0.29) is 24.4 Å². The third-order valence-electron chi connectivity index (χ3n) is 4.52. The number of halogens is 2. The summed E-state index contributed by atoms with van der Waals surface area (Å²) in [6.45, 7) is 2.62. The number of carbonyl (C=O) groups is 2. The van der Waals surface area contributed by atoms with Gasteiger partial charge in [-0.1, -0.05) is 27.5 Å². The Hall–Kier alpha value is -0.760. The molecule has 1 N–H and O–H groups in total. The van der Waals surface area contributed by atoms with Crippen molar-refractivity contribution in [2.24, 2.45) is 0 Å². The number of hydrogen-bond acceptors (Lipinski definition) is 4. The van der Waals surface area contributed by atoms with Crippen LogP contribution in [0.25, 0.3) is 0 Å². The van der Waals surface area contributed by atoms with Gasteiger partial charge in [0.05, 0.1) is 23.3 Å². The summed E-state index contributed by atoms with van der Waals surface area (Å²) in [5.41, 5.74) is 0.588. The third-order valence-corrected chi connectivity index (χ3v) is 6.27. The maximum atomic E-state index is 12.8. The lowest BCUT2D eigenvalue weighted by molar-refractivity contribution is -0.136. The predicted octanol–water partition coefficient (Wildman–Crippen LogP) is 3.08. The topological polar surface area (TPSA) is 52.7 Å². The van der Waals surface area contributed by atoms with Crippen LogP contribution in [0.4, 0.5) is 5.69 Å². The molecule has 0 radical (unpaired) electrons. The quantitative estimate of drug-likeness (QED) is 0.772. The molecule has 2 saturated heterocycles. The van der Waals surface area contributed by atoms with Crippen LogP contribution in [0, 0.1) is 0 Å². The van der Waals surface area contributed by atoms with Crippen molar-refractivity contribution in [2.45, 2.75) is 18.9 Å². The van der Waals surface area contributed by atoms with Crippen LogP contribution in [-0.4, -0.2) is 65.3 Å². The van der Waals surface area contributed by atoms with Crippen molar-refractivity contribution in [2.75, 3.05) is 43.0 Å². The van der Waals surface area contributed by atoms with Crippen LogP contribution < -0.4 is 5.32 Å². The Kier molecular flexibility index (Phi) is 6.66. The molecule has 3 rings (SSSR count). The average molecular weight is 447 g/mol. The summed E-state index contributed by atoms with van der Waals surface area (Å²) in [7, 11) is 0. The lowest BCUT2D eigenvalue weighted by Crippen LogP contribution is -2.49. The molecule has 0 aliphatic carbocycles. The highest BCUT2D eigenvalue weighted by Crippen LogP contribution is 2.26. The van der Waals surface area contributed by atoms with Gasteiger partial charge in [0.25, 0.3) is 0 Å². The molecule has 2 heterocycles. The third kappa shape index (κ3) is 4.90. The van der Waals surface area contributed by atoms with E-state index < -0.39 is 0 Å². The molecule has 2 aliphatic rings. The highest BCUT2D eigenvalue weighted by atomic mass is 79.9. The van der Waals surface area contributed by atoms with Crippen LogP contribution >= 0.6 is 39.3 Å². The number of amides is 2. The van der Waals surface area contributed by atoms with Gasteiger partial charge in [0.2, 0.25) is 11.8 Å². The molecule has 1 aromatic carbocycles. The number of thioether (sulfide) groups is 1. The zero-order chi connectivity index (χ0) is 17.8. The molecule has 1 atom stereocenters. The van der Waals surface area contributed by atoms with Gasteiger partial charge in [-0.05, 0) is 37.6 Å². The Morgan fingerprint density at radius 1 is 1.28 bits per heavy atom. The summed E-state index contributed by atoms with van der Waals surface area (Å²) in [4.78, 5) is 29.1. The molecule has 5 nitrogen and oxygen atoms in total. The first-order chi connectivity index (χ1) is 12.0. The Morgan fingerprint density at radius 3 is 2.76 bits per heavy atom. The molecule has 1 unspecified atom stereocenters. The SMILES string of the molecule is O=C(CN1CCCC1C(=O)N1CCSCC1)Nc1ccc(Br)cc1Cl. The van der Waals surface area contributed by atoms with Crippen molar-refractivity contribution < 1.29 is 9.59 Å². The van der Waals surface area contributed by atoms with Crippen LogP contribution in [-0.2, 0) is 9.59 Å². The van der Waals surface area contributed by atoms with Gasteiger partial charge >= 0.3 is 0 Å². The molecule has 0 aromatic heterocycles. The van der Waals surface area contributed by atoms with Crippen LogP contribution in [0.1, 0.15) is 12.8 Å². The zero-order valence-electron chi connectivity index (χ0n) is 13.8. The average Bonchev–Trinajstić information content (AvgIpc) is 3.05. The minimum Gasteiger partial charge on any atom is -0.340 e. The largest absolute Gasteiger partial charge is 0.340 e. The fourth-order valence-electron chi connectivity index (χ4n) is 3.25. The summed E-state index contributed by atoms with van der Waals surface area (Å²) >= 11 is 11.4. The van der Waals surface area contributed by atoms with Gasteiger partial charge in [0.15, 0.2) is 0 Å². The molecular weight excluding hydrogens is 426 g/mol. The second-order valence-electron chi connectivity index (χ2n) is 6.24. The number of nitrogens with zero attached hydrogens (tertiary/aromatic N) is 2. The number of rotatable bonds is 4. The number of carbonyl (C=O) groups excluding carboxylic acids is 2. The minimum absolute atomic E-state index is 0.141. The van der Waals surface area contributed by atoms with Crippen molar-refractivity contribution >= 4 is 56.8 Å². The number of nitrogens with one attached hydrogen (secondary N) is 1. The molecule has 136 valence electrons. The van der Waals surface area contributed by atoms with E-state index in [2.05, 4.69) is 21.2 Å². The molecule has 1 aromatic rings. The van der Waals surface area contributed by atoms with Crippen molar-refractivity contribution in [3.05, 3.63) is 27.7 Å². The van der Waals surface area contributed by atoms with E-state index in [1.54, 1.807) is 12.1 Å². The van der Waals surface area contributed by atoms with E-state index in [1.807, 2.05) is 27.6 Å². The van der Waals surface area contributed by atoms with Gasteiger partial charge in [-0.3, -0.25) is 14.5 Å². The number of anilines is 1. The van der Waals surface area contributed by atoms with Crippen molar-refractivity contribution in [3.63, 3.8) is 0 Å². The second kappa shape index (κ2) is 8.75. The lowest BCUT2D eigenvalue weighted by Gasteiger charge is -2.32. The van der Waals surface area contributed by atoms with Gasteiger partial charge in [-0.25, -0.2) is 0 Å². The van der Waals surface area contributed by atoms with Crippen LogP contribution in [0.5, 0.6) is 0 Å². The van der Waals surface area contributed by atoms with E-state index in [1.165, 1.54) is 0 Å². The molecule has 2 fully saturated rings. The monoisotopic (exact) mass is 445 g/mol. The Morgan fingerprint density at radius 2 is 2.04 bits per heavy atom. The first-order valence-electron chi connectivity index (χ1n) is 8.40. The van der Waals surface area contributed by atoms with E-state index in [0.29, 0.717) is 10.7 Å². The maximum absolute atomic E-state index is 12.8. The van der Waals surface area contributed by atoms with E-state index in [9.17, 15) is 9.59 Å². The highest BCUT2D eigenvalue weighted by Gasteiger charge is 2.35. The van der Waals surface area contributed by atoms with E-state index >= 15 is 0 Å². The van der Waals surface area contributed by atoms with Gasteiger partial charge in [-0.2, -0.15) is 11.8 Å². The molecule has 0 spiro atoms. The smallest absolute Gasteiger partial charge is 0.239 e. The Balaban J connectivity index is 1.58. The van der Waals surface area contributed by atoms with Crippen LogP contribution in [0.15, 0.2) is 22.7 Å². The van der Waals surface area contributed by atoms with E-state index in [0.717, 1.165) is 48.5 Å². The summed E-state index contributed by atoms with van der Waals surface area (Å²) < 4.78 is 0.861. The second-order valence-corrected chi connectivity index (χ2v) is 8.79. The number of likely N-dealkylation sites (tertiary alicyclic amines) is 1. The Labute approximate surface area is 165 Å². The van der Waals surface area contributed by atoms with Crippen molar-refractivity contribution in [1.29, 1.82) is 0 Å². The highest BCUT2D eigenvalue weighted by molar-refractivity contribution is 9.10. The summed E-state index contributed by atoms with van der Waals surface area (Å²) in [5.74, 6) is 2.03. The molecule has 0 saturated carbocycles. The molecule has 2 aliphatic heterocycles. The predicted molar refractivity (Wildman–Crippen MR) is 106 cm³/mol. The van der Waals surface area contributed by atoms with Crippen molar-refractivity contribution in [3.8, 4) is 0 Å². The lowest BCUT2D eigenvalue weighted by atomic mass is 10.2. The summed E-state index contributed by atoms with van der Waals surface area (Å²) in [5, 5.41) is 3.33. The zero-order valence-corrected chi connectivity index (χ0v) is 17.0. The first-order valence-corrected chi connectivity index (χ1v) is 10.7. The molecule has 0 bridgehead atoms. The van der Waals surface area contributed by atoms with Gasteiger partial charge in [-0.15, -0.1) is 0 Å². The molecular formula is C17H21BrClN3O2S. The van der Waals surface area contributed by atoms with Crippen LogP contribution in [0.3, 0.4) is 0 Å². The van der Waals surface area contributed by atoms with Gasteiger partial charge in [0, 0.05) is 29.1 Å². The number of benzene rings is 1. The fraction of sp³-hybridized carbons (Fsp3) is 0.529. The van der Waals surface area contributed by atoms with Gasteiger partial charge in [0.1, 0.15) is 0 Å². The minimum atomic E-state index is -0.172. The van der Waals surface area contributed by atoms with E-state index in [4.69, 9.17) is 11.6 Å². The van der Waals surface area contributed by atoms with Crippen molar-refractivity contribution in [1.82, 2.24) is 9.80 Å². The number of hydrogen-bond donors (Lipinski definition) is 1. The molecule has 25 heavy (non-hydrogen) atoms. The molecule has 2 amide bonds. The summed E-state index contributed by atoms with van der Waals surface area (Å²) in [6, 6.07) is 5.17. The Bertz CT molecular complexity index is 655. The summed E-state index contributed by atoms with van der Waals surface area (Å²) in [6.07, 6.45) is 1.78. The molecule has 8 heteroatoms. The maximum Gasteiger partial charge on any atom is 0.239 e. The first kappa shape index (κ1) is 19.0. The normalized spacial score (nSPS) is 21.4.